The van der Waals surface area contributed by atoms with E-state index in [0.717, 1.165) is 25.8 Å². The van der Waals surface area contributed by atoms with E-state index >= 15 is 0 Å². The van der Waals surface area contributed by atoms with Crippen LogP contribution in [0.3, 0.4) is 0 Å². The minimum atomic E-state index is -0.00396. The van der Waals surface area contributed by atoms with Crippen molar-refractivity contribution in [3.63, 3.8) is 0 Å². The van der Waals surface area contributed by atoms with Crippen molar-refractivity contribution in [2.75, 3.05) is 6.54 Å². The van der Waals surface area contributed by atoms with E-state index in [1.807, 2.05) is 0 Å². The Morgan fingerprint density at radius 2 is 2.25 bits per heavy atom. The Hall–Kier alpha value is -0.530. The highest BCUT2D eigenvalue weighted by atomic mass is 16.2. The molecule has 0 aromatic rings. The van der Waals surface area contributed by atoms with E-state index in [1.165, 1.54) is 12.8 Å². The van der Waals surface area contributed by atoms with Gasteiger partial charge in [0, 0.05) is 6.54 Å². The number of unbranched alkanes of at least 4 members (excludes halogenated alkanes) is 1. The topological polar surface area (TPSA) is 29.1 Å². The summed E-state index contributed by atoms with van der Waals surface area (Å²) in [6.07, 6.45) is 5.49. The first-order valence-electron chi connectivity index (χ1n) is 5.03. The third-order valence-corrected chi connectivity index (χ3v) is 3.06. The predicted molar refractivity (Wildman–Crippen MR) is 49.9 cm³/mol. The molecule has 1 unspecified atom stereocenters. The lowest BCUT2D eigenvalue weighted by Crippen LogP contribution is -2.30. The molecule has 0 radical (unpaired) electrons. The summed E-state index contributed by atoms with van der Waals surface area (Å²) in [7, 11) is 0. The van der Waals surface area contributed by atoms with Gasteiger partial charge in [-0.1, -0.05) is 26.7 Å². The minimum Gasteiger partial charge on any atom is -0.356 e. The van der Waals surface area contributed by atoms with Crippen LogP contribution in [-0.4, -0.2) is 12.5 Å². The number of nitrogens with one attached hydrogen (secondary N) is 1. The first-order valence-corrected chi connectivity index (χ1v) is 5.03. The van der Waals surface area contributed by atoms with Crippen molar-refractivity contribution in [1.82, 2.24) is 5.32 Å². The Labute approximate surface area is 74.7 Å². The van der Waals surface area contributed by atoms with Gasteiger partial charge in [-0.05, 0) is 19.3 Å². The number of hydrogen-bond donors (Lipinski definition) is 1. The third kappa shape index (κ3) is 1.62. The van der Waals surface area contributed by atoms with Crippen LogP contribution in [0.15, 0.2) is 0 Å². The van der Waals surface area contributed by atoms with Crippen molar-refractivity contribution in [3.8, 4) is 0 Å². The standard InChI is InChI=1S/C10H19NO/c1-3-5-6-10(4-2)7-8-11-9(10)12/h3-8H2,1-2H3,(H,11,12). The molecule has 1 rings (SSSR count). The lowest BCUT2D eigenvalue weighted by Gasteiger charge is -2.23. The van der Waals surface area contributed by atoms with Gasteiger partial charge in [-0.2, -0.15) is 0 Å². The Bertz CT molecular complexity index is 167. The van der Waals surface area contributed by atoms with Crippen LogP contribution in [0.4, 0.5) is 0 Å². The maximum atomic E-state index is 11.5. The zero-order valence-corrected chi connectivity index (χ0v) is 8.15. The summed E-state index contributed by atoms with van der Waals surface area (Å²) in [4.78, 5) is 11.5. The van der Waals surface area contributed by atoms with Gasteiger partial charge in [0.15, 0.2) is 0 Å². The number of carbonyl (C=O) groups excluding carboxylic acids is 1. The fourth-order valence-electron chi connectivity index (χ4n) is 1.98. The molecule has 2 nitrogen and oxygen atoms in total. The average Bonchev–Trinajstić information content (AvgIpc) is 2.45. The van der Waals surface area contributed by atoms with Gasteiger partial charge in [0.1, 0.15) is 0 Å². The van der Waals surface area contributed by atoms with Gasteiger partial charge in [0.05, 0.1) is 5.41 Å². The second-order valence-corrected chi connectivity index (χ2v) is 3.74. The van der Waals surface area contributed by atoms with E-state index in [2.05, 4.69) is 19.2 Å². The molecular formula is C10H19NO. The van der Waals surface area contributed by atoms with Crippen LogP contribution in [-0.2, 0) is 4.79 Å². The lowest BCUT2D eigenvalue weighted by atomic mass is 9.79. The second kappa shape index (κ2) is 3.92. The number of hydrogen-bond acceptors (Lipinski definition) is 1. The van der Waals surface area contributed by atoms with E-state index < -0.39 is 0 Å². The summed E-state index contributed by atoms with van der Waals surface area (Å²) in [6.45, 7) is 5.19. The van der Waals surface area contributed by atoms with Gasteiger partial charge < -0.3 is 5.32 Å². The quantitative estimate of drug-likeness (QED) is 0.686. The number of rotatable bonds is 4. The van der Waals surface area contributed by atoms with E-state index in [-0.39, 0.29) is 5.41 Å². The molecule has 0 aromatic heterocycles. The van der Waals surface area contributed by atoms with E-state index in [4.69, 9.17) is 0 Å². The molecule has 12 heavy (non-hydrogen) atoms. The normalized spacial score (nSPS) is 29.0. The fraction of sp³-hybridized carbons (Fsp3) is 0.900. The molecule has 1 aliphatic heterocycles. The average molecular weight is 169 g/mol. The molecule has 1 aliphatic rings. The maximum absolute atomic E-state index is 11.5. The van der Waals surface area contributed by atoms with Crippen molar-refractivity contribution in [2.24, 2.45) is 5.41 Å². The molecule has 1 heterocycles. The first-order chi connectivity index (χ1) is 5.75. The van der Waals surface area contributed by atoms with Crippen molar-refractivity contribution in [2.45, 2.75) is 46.0 Å². The molecule has 2 heteroatoms. The molecular weight excluding hydrogens is 150 g/mol. The van der Waals surface area contributed by atoms with Crippen LogP contribution < -0.4 is 5.32 Å². The zero-order chi connectivity index (χ0) is 9.03. The monoisotopic (exact) mass is 169 g/mol. The van der Waals surface area contributed by atoms with Crippen LogP contribution in [0.5, 0.6) is 0 Å². The Morgan fingerprint density at radius 1 is 1.50 bits per heavy atom. The van der Waals surface area contributed by atoms with Crippen molar-refractivity contribution in [1.29, 1.82) is 0 Å². The van der Waals surface area contributed by atoms with Crippen molar-refractivity contribution >= 4 is 5.91 Å². The summed E-state index contributed by atoms with van der Waals surface area (Å²) in [5.41, 5.74) is -0.00396. The van der Waals surface area contributed by atoms with Crippen LogP contribution >= 0.6 is 0 Å². The smallest absolute Gasteiger partial charge is 0.226 e. The van der Waals surface area contributed by atoms with Gasteiger partial charge in [-0.15, -0.1) is 0 Å². The molecule has 0 bridgehead atoms. The molecule has 0 aliphatic carbocycles. The minimum absolute atomic E-state index is 0.00396. The van der Waals surface area contributed by atoms with E-state index in [9.17, 15) is 4.79 Å². The number of amides is 1. The van der Waals surface area contributed by atoms with Gasteiger partial charge >= 0.3 is 0 Å². The summed E-state index contributed by atoms with van der Waals surface area (Å²) in [6, 6.07) is 0. The van der Waals surface area contributed by atoms with Gasteiger partial charge in [-0.3, -0.25) is 4.79 Å². The molecule has 0 aromatic carbocycles. The van der Waals surface area contributed by atoms with E-state index in [0.29, 0.717) is 5.91 Å². The lowest BCUT2D eigenvalue weighted by molar-refractivity contribution is -0.128. The van der Waals surface area contributed by atoms with Crippen LogP contribution in [0.25, 0.3) is 0 Å². The van der Waals surface area contributed by atoms with Gasteiger partial charge in [0.2, 0.25) is 5.91 Å². The molecule has 1 atom stereocenters. The summed E-state index contributed by atoms with van der Waals surface area (Å²) >= 11 is 0. The largest absolute Gasteiger partial charge is 0.356 e. The summed E-state index contributed by atoms with van der Waals surface area (Å²) in [5.74, 6) is 0.290. The summed E-state index contributed by atoms with van der Waals surface area (Å²) in [5, 5.41) is 2.93. The zero-order valence-electron chi connectivity index (χ0n) is 8.15. The number of carbonyl (C=O) groups is 1. The van der Waals surface area contributed by atoms with Crippen LogP contribution in [0, 0.1) is 5.41 Å². The predicted octanol–water partition coefficient (Wildman–Crippen LogP) is 2.09. The molecule has 1 amide bonds. The van der Waals surface area contributed by atoms with Crippen molar-refractivity contribution in [3.05, 3.63) is 0 Å². The molecule has 1 saturated heterocycles. The Morgan fingerprint density at radius 3 is 2.67 bits per heavy atom. The molecule has 1 fully saturated rings. The van der Waals surface area contributed by atoms with Crippen LogP contribution in [0.2, 0.25) is 0 Å². The Kier molecular flexibility index (Phi) is 3.12. The SMILES string of the molecule is CCCCC1(CC)CCNC1=O. The van der Waals surface area contributed by atoms with E-state index in [1.54, 1.807) is 0 Å². The van der Waals surface area contributed by atoms with Crippen molar-refractivity contribution < 1.29 is 4.79 Å². The highest BCUT2D eigenvalue weighted by Gasteiger charge is 2.39. The molecule has 1 N–H and O–H groups in total. The van der Waals surface area contributed by atoms with Gasteiger partial charge in [0.25, 0.3) is 0 Å². The fourth-order valence-corrected chi connectivity index (χ4v) is 1.98. The highest BCUT2D eigenvalue weighted by Crippen LogP contribution is 2.35. The molecule has 0 spiro atoms. The third-order valence-electron chi connectivity index (χ3n) is 3.06. The highest BCUT2D eigenvalue weighted by molar-refractivity contribution is 5.84. The van der Waals surface area contributed by atoms with Gasteiger partial charge in [-0.25, -0.2) is 0 Å². The summed E-state index contributed by atoms with van der Waals surface area (Å²) < 4.78 is 0. The second-order valence-electron chi connectivity index (χ2n) is 3.74. The Balaban J connectivity index is 2.55. The first kappa shape index (κ1) is 9.56. The van der Waals surface area contributed by atoms with Crippen LogP contribution in [0.1, 0.15) is 46.0 Å². The molecule has 0 saturated carbocycles. The molecule has 70 valence electrons. The maximum Gasteiger partial charge on any atom is 0.226 e.